The maximum absolute atomic E-state index is 9.69. The SMILES string of the molecule is CC1=NOC(C)(c2ccccc2O)C1. The first-order valence-corrected chi connectivity index (χ1v) is 4.62. The first-order chi connectivity index (χ1) is 6.62. The van der Waals surface area contributed by atoms with Crippen LogP contribution < -0.4 is 0 Å². The molecule has 1 N–H and O–H groups in total. The highest BCUT2D eigenvalue weighted by molar-refractivity contribution is 5.83. The molecule has 0 amide bonds. The van der Waals surface area contributed by atoms with E-state index < -0.39 is 5.60 Å². The van der Waals surface area contributed by atoms with Crippen molar-refractivity contribution < 1.29 is 9.94 Å². The maximum Gasteiger partial charge on any atom is 0.168 e. The highest BCUT2D eigenvalue weighted by Gasteiger charge is 2.36. The summed E-state index contributed by atoms with van der Waals surface area (Å²) in [5, 5.41) is 13.6. The molecular formula is C11H13NO2. The molecule has 0 aromatic heterocycles. The Hall–Kier alpha value is -1.51. The van der Waals surface area contributed by atoms with Crippen molar-refractivity contribution >= 4 is 5.71 Å². The van der Waals surface area contributed by atoms with Crippen molar-refractivity contribution in [3.8, 4) is 5.75 Å². The molecule has 1 aromatic carbocycles. The van der Waals surface area contributed by atoms with Gasteiger partial charge >= 0.3 is 0 Å². The van der Waals surface area contributed by atoms with Gasteiger partial charge in [0.15, 0.2) is 5.60 Å². The van der Waals surface area contributed by atoms with Gasteiger partial charge in [-0.2, -0.15) is 0 Å². The van der Waals surface area contributed by atoms with Crippen LogP contribution in [0.3, 0.4) is 0 Å². The summed E-state index contributed by atoms with van der Waals surface area (Å²) >= 11 is 0. The van der Waals surface area contributed by atoms with E-state index in [1.165, 1.54) is 0 Å². The van der Waals surface area contributed by atoms with Crippen molar-refractivity contribution in [1.29, 1.82) is 0 Å². The summed E-state index contributed by atoms with van der Waals surface area (Å²) in [6.07, 6.45) is 0.727. The third-order valence-corrected chi connectivity index (χ3v) is 2.47. The molecule has 2 rings (SSSR count). The summed E-state index contributed by atoms with van der Waals surface area (Å²) in [6.45, 7) is 3.85. The number of oxime groups is 1. The quantitative estimate of drug-likeness (QED) is 0.740. The second kappa shape index (κ2) is 3.01. The number of phenols is 1. The Balaban J connectivity index is 2.37. The van der Waals surface area contributed by atoms with Gasteiger partial charge in [-0.1, -0.05) is 23.4 Å². The summed E-state index contributed by atoms with van der Waals surface area (Å²) in [6, 6.07) is 7.21. The van der Waals surface area contributed by atoms with Gasteiger partial charge in [-0.05, 0) is 19.9 Å². The van der Waals surface area contributed by atoms with Crippen molar-refractivity contribution in [2.24, 2.45) is 5.16 Å². The van der Waals surface area contributed by atoms with Crippen molar-refractivity contribution in [2.45, 2.75) is 25.9 Å². The van der Waals surface area contributed by atoms with Crippen LogP contribution in [0.2, 0.25) is 0 Å². The fraction of sp³-hybridized carbons (Fsp3) is 0.364. The van der Waals surface area contributed by atoms with Gasteiger partial charge in [-0.3, -0.25) is 0 Å². The van der Waals surface area contributed by atoms with Gasteiger partial charge in [0.1, 0.15) is 5.75 Å². The van der Waals surface area contributed by atoms with Crippen LogP contribution >= 0.6 is 0 Å². The molecule has 0 fully saturated rings. The summed E-state index contributed by atoms with van der Waals surface area (Å²) in [5.74, 6) is 0.264. The third-order valence-electron chi connectivity index (χ3n) is 2.47. The van der Waals surface area contributed by atoms with Crippen molar-refractivity contribution in [1.82, 2.24) is 0 Å². The lowest BCUT2D eigenvalue weighted by Crippen LogP contribution is -2.21. The van der Waals surface area contributed by atoms with E-state index in [1.807, 2.05) is 26.0 Å². The van der Waals surface area contributed by atoms with Gasteiger partial charge in [-0.15, -0.1) is 0 Å². The van der Waals surface area contributed by atoms with Crippen LogP contribution in [-0.4, -0.2) is 10.8 Å². The molecule has 0 aliphatic carbocycles. The molecule has 1 aromatic rings. The number of hydrogen-bond donors (Lipinski definition) is 1. The smallest absolute Gasteiger partial charge is 0.168 e. The fourth-order valence-electron chi connectivity index (χ4n) is 1.80. The predicted octanol–water partition coefficient (Wildman–Crippen LogP) is 2.40. The van der Waals surface area contributed by atoms with E-state index in [2.05, 4.69) is 5.16 Å². The number of para-hydroxylation sites is 1. The van der Waals surface area contributed by atoms with Gasteiger partial charge in [0.05, 0.1) is 5.71 Å². The predicted molar refractivity (Wildman–Crippen MR) is 54.3 cm³/mol. The Morgan fingerprint density at radius 2 is 2.14 bits per heavy atom. The number of benzene rings is 1. The normalized spacial score (nSPS) is 25.7. The van der Waals surface area contributed by atoms with E-state index in [-0.39, 0.29) is 5.75 Å². The molecule has 0 saturated carbocycles. The lowest BCUT2D eigenvalue weighted by Gasteiger charge is -2.22. The van der Waals surface area contributed by atoms with Crippen molar-refractivity contribution in [3.05, 3.63) is 29.8 Å². The molecule has 0 saturated heterocycles. The third kappa shape index (κ3) is 1.35. The van der Waals surface area contributed by atoms with Gasteiger partial charge in [0, 0.05) is 12.0 Å². The van der Waals surface area contributed by atoms with E-state index >= 15 is 0 Å². The summed E-state index contributed by atoms with van der Waals surface area (Å²) in [4.78, 5) is 5.35. The average Bonchev–Trinajstić information content (AvgIpc) is 2.48. The largest absolute Gasteiger partial charge is 0.508 e. The molecule has 1 aliphatic heterocycles. The van der Waals surface area contributed by atoms with E-state index in [1.54, 1.807) is 12.1 Å². The number of hydrogen-bond acceptors (Lipinski definition) is 3. The minimum atomic E-state index is -0.505. The number of aromatic hydroxyl groups is 1. The first kappa shape index (κ1) is 9.06. The minimum Gasteiger partial charge on any atom is -0.508 e. The number of rotatable bonds is 1. The van der Waals surface area contributed by atoms with Gasteiger partial charge < -0.3 is 9.94 Å². The number of nitrogens with zero attached hydrogens (tertiary/aromatic N) is 1. The Morgan fingerprint density at radius 3 is 2.71 bits per heavy atom. The molecule has 1 unspecified atom stereocenters. The van der Waals surface area contributed by atoms with Crippen LogP contribution in [0.4, 0.5) is 0 Å². The molecule has 1 atom stereocenters. The van der Waals surface area contributed by atoms with Crippen LogP contribution in [0, 0.1) is 0 Å². The van der Waals surface area contributed by atoms with Crippen LogP contribution in [0.25, 0.3) is 0 Å². The zero-order valence-corrected chi connectivity index (χ0v) is 8.32. The zero-order valence-electron chi connectivity index (χ0n) is 8.32. The Labute approximate surface area is 83.0 Å². The fourth-order valence-corrected chi connectivity index (χ4v) is 1.80. The average molecular weight is 191 g/mol. The molecular weight excluding hydrogens is 178 g/mol. The van der Waals surface area contributed by atoms with Crippen LogP contribution in [-0.2, 0) is 10.4 Å². The summed E-state index contributed by atoms with van der Waals surface area (Å²) < 4.78 is 0. The highest BCUT2D eigenvalue weighted by atomic mass is 16.7. The standard InChI is InChI=1S/C11H13NO2/c1-8-7-11(2,14-12-8)9-5-3-4-6-10(9)13/h3-6,13H,7H2,1-2H3. The molecule has 3 nitrogen and oxygen atoms in total. The van der Waals surface area contributed by atoms with Gasteiger partial charge in [-0.25, -0.2) is 0 Å². The second-order valence-corrected chi connectivity index (χ2v) is 3.84. The van der Waals surface area contributed by atoms with E-state index in [0.29, 0.717) is 0 Å². The second-order valence-electron chi connectivity index (χ2n) is 3.84. The van der Waals surface area contributed by atoms with Crippen LogP contribution in [0.15, 0.2) is 29.4 Å². The van der Waals surface area contributed by atoms with Crippen molar-refractivity contribution in [2.75, 3.05) is 0 Å². The molecule has 1 aliphatic rings. The molecule has 0 spiro atoms. The summed E-state index contributed by atoms with van der Waals surface area (Å²) in [5.41, 5.74) is 1.24. The minimum absolute atomic E-state index is 0.264. The van der Waals surface area contributed by atoms with E-state index in [9.17, 15) is 5.11 Å². The molecule has 14 heavy (non-hydrogen) atoms. The monoisotopic (exact) mass is 191 g/mol. The lowest BCUT2D eigenvalue weighted by atomic mass is 9.91. The van der Waals surface area contributed by atoms with Gasteiger partial charge in [0.2, 0.25) is 0 Å². The van der Waals surface area contributed by atoms with Crippen molar-refractivity contribution in [3.63, 3.8) is 0 Å². The van der Waals surface area contributed by atoms with Gasteiger partial charge in [0.25, 0.3) is 0 Å². The Kier molecular flexibility index (Phi) is 1.95. The van der Waals surface area contributed by atoms with Crippen LogP contribution in [0.1, 0.15) is 25.8 Å². The molecule has 0 radical (unpaired) electrons. The topological polar surface area (TPSA) is 41.8 Å². The molecule has 3 heteroatoms. The molecule has 1 heterocycles. The highest BCUT2D eigenvalue weighted by Crippen LogP contribution is 2.38. The molecule has 74 valence electrons. The Morgan fingerprint density at radius 1 is 1.43 bits per heavy atom. The summed E-state index contributed by atoms with van der Waals surface area (Å²) in [7, 11) is 0. The lowest BCUT2D eigenvalue weighted by molar-refractivity contribution is -0.00896. The van der Waals surface area contributed by atoms with Crippen LogP contribution in [0.5, 0.6) is 5.75 Å². The van der Waals surface area contributed by atoms with E-state index in [4.69, 9.17) is 4.84 Å². The molecule has 0 bridgehead atoms. The Bertz CT molecular complexity index is 387. The number of phenolic OH excluding ortho intramolecular Hbond substituents is 1. The first-order valence-electron chi connectivity index (χ1n) is 4.62. The maximum atomic E-state index is 9.69. The zero-order chi connectivity index (χ0) is 10.2. The van der Waals surface area contributed by atoms with E-state index in [0.717, 1.165) is 17.7 Å².